The zero-order valence-corrected chi connectivity index (χ0v) is 12.0. The molecule has 0 amide bonds. The number of carbonyl (C=O) groups excluding carboxylic acids is 2. The summed E-state index contributed by atoms with van der Waals surface area (Å²) in [7, 11) is 0. The maximum absolute atomic E-state index is 11.8. The molecule has 0 aromatic heterocycles. The van der Waals surface area contributed by atoms with Crippen LogP contribution in [0, 0.1) is 16.7 Å². The molecule has 0 N–H and O–H groups in total. The van der Waals surface area contributed by atoms with Crippen molar-refractivity contribution in [1.82, 2.24) is 0 Å². The number of carbonyl (C=O) groups is 2. The van der Waals surface area contributed by atoms with Crippen molar-refractivity contribution in [3.63, 3.8) is 0 Å². The van der Waals surface area contributed by atoms with Gasteiger partial charge in [-0.3, -0.25) is 4.79 Å². The highest BCUT2D eigenvalue weighted by Gasteiger charge is 2.61. The molecular weight excluding hydrogens is 248 g/mol. The van der Waals surface area contributed by atoms with Gasteiger partial charge in [-0.05, 0) is 25.2 Å². The van der Waals surface area contributed by atoms with Gasteiger partial charge in [0.15, 0.2) is 0 Å². The second kappa shape index (κ2) is 4.69. The maximum atomic E-state index is 11.8. The van der Waals surface area contributed by atoms with Crippen LogP contribution in [0.3, 0.4) is 0 Å². The van der Waals surface area contributed by atoms with Gasteiger partial charge >= 0.3 is 6.16 Å². The van der Waals surface area contributed by atoms with E-state index in [9.17, 15) is 9.59 Å². The van der Waals surface area contributed by atoms with Crippen molar-refractivity contribution in [2.75, 3.05) is 0 Å². The van der Waals surface area contributed by atoms with Crippen LogP contribution in [0.15, 0.2) is 0 Å². The summed E-state index contributed by atoms with van der Waals surface area (Å²) < 4.78 is 14.9. The van der Waals surface area contributed by atoms with Crippen LogP contribution in [-0.2, 0) is 19.0 Å². The summed E-state index contributed by atoms with van der Waals surface area (Å²) in [5, 5.41) is 0. The number of rotatable bonds is 4. The number of hydrogen-bond acceptors (Lipinski definition) is 5. The van der Waals surface area contributed by atoms with E-state index in [0.717, 1.165) is 12.8 Å². The highest BCUT2D eigenvalue weighted by molar-refractivity contribution is 5.60. The predicted octanol–water partition coefficient (Wildman–Crippen LogP) is 2.87. The summed E-state index contributed by atoms with van der Waals surface area (Å²) in [6.07, 6.45) is 1.55. The second-order valence-corrected chi connectivity index (χ2v) is 6.58. The average molecular weight is 270 g/mol. The van der Waals surface area contributed by atoms with Crippen molar-refractivity contribution in [3.8, 4) is 0 Å². The Bertz CT molecular complexity index is 373. The highest BCUT2D eigenvalue weighted by Crippen LogP contribution is 2.63. The molecule has 2 aliphatic carbocycles. The average Bonchev–Trinajstić information content (AvgIpc) is 2.76. The summed E-state index contributed by atoms with van der Waals surface area (Å²) in [5.41, 5.74) is 0.0166. The number of hydrogen-bond donors (Lipinski definition) is 0. The van der Waals surface area contributed by atoms with Crippen molar-refractivity contribution >= 4 is 12.6 Å². The summed E-state index contributed by atoms with van der Waals surface area (Å²) in [5.74, 6) is 0.596. The Morgan fingerprint density at radius 1 is 1.37 bits per heavy atom. The molecular formula is C14H22O5. The molecule has 2 fully saturated rings. The largest absolute Gasteiger partial charge is 0.511 e. The van der Waals surface area contributed by atoms with Crippen LogP contribution in [-0.4, -0.2) is 25.0 Å². The summed E-state index contributed by atoms with van der Waals surface area (Å²) in [4.78, 5) is 21.9. The number of fused-ring (bicyclic) bond motifs is 2. The molecule has 4 atom stereocenters. The second-order valence-electron chi connectivity index (χ2n) is 6.58. The first-order valence-electron chi connectivity index (χ1n) is 6.76. The zero-order chi connectivity index (χ0) is 14.3. The molecule has 2 saturated carbocycles. The van der Waals surface area contributed by atoms with E-state index in [1.807, 2.05) is 0 Å². The first-order chi connectivity index (χ1) is 8.79. The topological polar surface area (TPSA) is 61.8 Å². The SMILES string of the molecule is CC(OC=O)OC(=O)O[C@H]1C(C)(C)[C@H]2CC[C@]1(C)C2. The van der Waals surface area contributed by atoms with Crippen LogP contribution in [0.2, 0.25) is 0 Å². The fraction of sp³-hybridized carbons (Fsp3) is 0.857. The molecule has 0 saturated heterocycles. The van der Waals surface area contributed by atoms with Crippen LogP contribution in [0.5, 0.6) is 0 Å². The van der Waals surface area contributed by atoms with Gasteiger partial charge in [-0.15, -0.1) is 0 Å². The van der Waals surface area contributed by atoms with Gasteiger partial charge in [0.05, 0.1) is 0 Å². The van der Waals surface area contributed by atoms with Crippen LogP contribution in [0.4, 0.5) is 4.79 Å². The molecule has 108 valence electrons. The molecule has 19 heavy (non-hydrogen) atoms. The minimum absolute atomic E-state index is 0.0270. The lowest BCUT2D eigenvalue weighted by atomic mass is 9.70. The lowest BCUT2D eigenvalue weighted by Gasteiger charge is -2.41. The Labute approximate surface area is 113 Å². The molecule has 0 radical (unpaired) electrons. The van der Waals surface area contributed by atoms with Gasteiger partial charge in [0.2, 0.25) is 6.29 Å². The minimum atomic E-state index is -0.917. The van der Waals surface area contributed by atoms with Gasteiger partial charge < -0.3 is 14.2 Å². The lowest BCUT2D eigenvalue weighted by Crippen LogP contribution is -2.44. The number of ether oxygens (including phenoxy) is 3. The smallest absolute Gasteiger partial charge is 0.430 e. The summed E-state index contributed by atoms with van der Waals surface area (Å²) in [6.45, 7) is 8.19. The van der Waals surface area contributed by atoms with E-state index in [0.29, 0.717) is 5.92 Å². The molecule has 1 unspecified atom stereocenters. The summed E-state index contributed by atoms with van der Waals surface area (Å²) >= 11 is 0. The Hall–Kier alpha value is -1.26. The Balaban J connectivity index is 1.98. The Morgan fingerprint density at radius 3 is 2.58 bits per heavy atom. The quantitative estimate of drug-likeness (QED) is 0.446. The van der Waals surface area contributed by atoms with Crippen LogP contribution in [0.25, 0.3) is 0 Å². The van der Waals surface area contributed by atoms with Gasteiger partial charge in [0.1, 0.15) is 6.10 Å². The van der Waals surface area contributed by atoms with Crippen LogP contribution in [0.1, 0.15) is 47.0 Å². The fourth-order valence-electron chi connectivity index (χ4n) is 3.92. The van der Waals surface area contributed by atoms with Crippen LogP contribution >= 0.6 is 0 Å². The van der Waals surface area contributed by atoms with Gasteiger partial charge in [0, 0.05) is 17.8 Å². The Morgan fingerprint density at radius 2 is 2.05 bits per heavy atom. The third-order valence-electron chi connectivity index (χ3n) is 4.86. The fourth-order valence-corrected chi connectivity index (χ4v) is 3.92. The minimum Gasteiger partial charge on any atom is -0.430 e. The van der Waals surface area contributed by atoms with E-state index < -0.39 is 12.4 Å². The molecule has 5 heteroatoms. The summed E-state index contributed by atoms with van der Waals surface area (Å²) in [6, 6.07) is 0. The monoisotopic (exact) mass is 270 g/mol. The first kappa shape index (κ1) is 14.2. The standard InChI is InChI=1S/C14H22O5/c1-9(17-8-15)18-12(16)19-11-13(2,3)10-5-6-14(11,4)7-10/h8-11H,5-7H2,1-4H3/t9?,10-,11-,14+/m0/s1. The Kier molecular flexibility index (Phi) is 3.49. The maximum Gasteiger partial charge on any atom is 0.511 e. The molecule has 0 aromatic rings. The van der Waals surface area contributed by atoms with Crippen LogP contribution < -0.4 is 0 Å². The first-order valence-corrected chi connectivity index (χ1v) is 6.76. The lowest BCUT2D eigenvalue weighted by molar-refractivity contribution is -0.157. The van der Waals surface area contributed by atoms with E-state index in [2.05, 4.69) is 25.5 Å². The third kappa shape index (κ3) is 2.42. The van der Waals surface area contributed by atoms with E-state index in [1.54, 1.807) is 0 Å². The van der Waals surface area contributed by atoms with E-state index in [-0.39, 0.29) is 23.4 Å². The van der Waals surface area contributed by atoms with Crippen molar-refractivity contribution in [1.29, 1.82) is 0 Å². The van der Waals surface area contributed by atoms with E-state index in [1.165, 1.54) is 13.3 Å². The molecule has 0 spiro atoms. The van der Waals surface area contributed by atoms with Crippen molar-refractivity contribution in [3.05, 3.63) is 0 Å². The van der Waals surface area contributed by atoms with E-state index in [4.69, 9.17) is 9.47 Å². The normalized spacial score (nSPS) is 36.6. The third-order valence-corrected chi connectivity index (χ3v) is 4.86. The van der Waals surface area contributed by atoms with E-state index >= 15 is 0 Å². The predicted molar refractivity (Wildman–Crippen MR) is 67.2 cm³/mol. The van der Waals surface area contributed by atoms with Crippen molar-refractivity contribution in [2.45, 2.75) is 59.4 Å². The molecule has 2 aliphatic rings. The molecule has 5 nitrogen and oxygen atoms in total. The zero-order valence-electron chi connectivity index (χ0n) is 12.0. The molecule has 2 rings (SSSR count). The molecule has 0 heterocycles. The molecule has 2 bridgehead atoms. The van der Waals surface area contributed by atoms with Gasteiger partial charge in [0.25, 0.3) is 6.47 Å². The highest BCUT2D eigenvalue weighted by atomic mass is 16.8. The van der Waals surface area contributed by atoms with Crippen molar-refractivity contribution < 1.29 is 23.8 Å². The molecule has 0 aliphatic heterocycles. The van der Waals surface area contributed by atoms with Gasteiger partial charge in [-0.2, -0.15) is 0 Å². The van der Waals surface area contributed by atoms with Gasteiger partial charge in [-0.1, -0.05) is 20.8 Å². The van der Waals surface area contributed by atoms with Gasteiger partial charge in [-0.25, -0.2) is 4.79 Å². The molecule has 0 aromatic carbocycles. The van der Waals surface area contributed by atoms with Crippen molar-refractivity contribution in [2.24, 2.45) is 16.7 Å².